The minimum absolute atomic E-state index is 0.117. The van der Waals surface area contributed by atoms with Gasteiger partial charge in [-0.2, -0.15) is 0 Å². The molecule has 0 spiro atoms. The van der Waals surface area contributed by atoms with Gasteiger partial charge in [-0.25, -0.2) is 0 Å². The lowest BCUT2D eigenvalue weighted by Crippen LogP contribution is -2.23. The van der Waals surface area contributed by atoms with Crippen molar-refractivity contribution in [2.24, 2.45) is 5.92 Å². The van der Waals surface area contributed by atoms with Crippen molar-refractivity contribution >= 4 is 11.6 Å². The minimum Gasteiger partial charge on any atom is -0.299 e. The molecule has 0 bridgehead atoms. The Balaban J connectivity index is 1.97. The molecule has 0 radical (unpaired) electrons. The van der Waals surface area contributed by atoms with E-state index in [1.807, 2.05) is 18.2 Å². The molecule has 1 aliphatic carbocycles. The lowest BCUT2D eigenvalue weighted by atomic mass is 9.80. The van der Waals surface area contributed by atoms with Crippen molar-refractivity contribution in [2.45, 2.75) is 38.5 Å². The van der Waals surface area contributed by atoms with Gasteiger partial charge in [-0.1, -0.05) is 37.3 Å². The average Bonchev–Trinajstić information content (AvgIpc) is 2.28. The van der Waals surface area contributed by atoms with E-state index in [1.165, 1.54) is 5.56 Å². The molecule has 17 heavy (non-hydrogen) atoms. The SMILES string of the molecule is CC(CC1CC(=O)CC(=O)C1)c1ccccc1. The maximum atomic E-state index is 11.4. The Kier molecular flexibility index (Phi) is 3.72. The molecule has 1 fully saturated rings. The zero-order chi connectivity index (χ0) is 12.3. The summed E-state index contributed by atoms with van der Waals surface area (Å²) >= 11 is 0. The number of hydrogen-bond acceptors (Lipinski definition) is 2. The van der Waals surface area contributed by atoms with Crippen LogP contribution in [0.25, 0.3) is 0 Å². The number of hydrogen-bond donors (Lipinski definition) is 0. The molecular weight excluding hydrogens is 212 g/mol. The van der Waals surface area contributed by atoms with E-state index in [4.69, 9.17) is 0 Å². The molecule has 90 valence electrons. The molecule has 1 unspecified atom stereocenters. The van der Waals surface area contributed by atoms with E-state index >= 15 is 0 Å². The van der Waals surface area contributed by atoms with Crippen molar-refractivity contribution < 1.29 is 9.59 Å². The van der Waals surface area contributed by atoms with Crippen LogP contribution in [0.5, 0.6) is 0 Å². The lowest BCUT2D eigenvalue weighted by molar-refractivity contribution is -0.131. The van der Waals surface area contributed by atoms with Crippen LogP contribution in [0.4, 0.5) is 0 Å². The van der Waals surface area contributed by atoms with Gasteiger partial charge in [-0.3, -0.25) is 9.59 Å². The fourth-order valence-corrected chi connectivity index (χ4v) is 2.66. The second-order valence-electron chi connectivity index (χ2n) is 5.08. The number of carbonyl (C=O) groups excluding carboxylic acids is 2. The third-order valence-corrected chi connectivity index (χ3v) is 3.48. The highest BCUT2D eigenvalue weighted by atomic mass is 16.1. The van der Waals surface area contributed by atoms with Gasteiger partial charge in [0.1, 0.15) is 11.6 Å². The minimum atomic E-state index is 0.117. The van der Waals surface area contributed by atoms with E-state index in [0.29, 0.717) is 18.8 Å². The van der Waals surface area contributed by atoms with Crippen LogP contribution in [0.15, 0.2) is 30.3 Å². The van der Waals surface area contributed by atoms with Crippen LogP contribution in [0, 0.1) is 5.92 Å². The fraction of sp³-hybridized carbons (Fsp3) is 0.467. The standard InChI is InChI=1S/C15H18O2/c1-11(13-5-3-2-4-6-13)7-12-8-14(16)10-15(17)9-12/h2-6,11-12H,7-10H2,1H3. The molecule has 1 saturated carbocycles. The van der Waals surface area contributed by atoms with Crippen molar-refractivity contribution in [2.75, 3.05) is 0 Å². The van der Waals surface area contributed by atoms with Gasteiger partial charge in [0, 0.05) is 12.8 Å². The predicted molar refractivity (Wildman–Crippen MR) is 66.8 cm³/mol. The summed E-state index contributed by atoms with van der Waals surface area (Å²) in [6.45, 7) is 2.17. The molecule has 1 aromatic carbocycles. The summed E-state index contributed by atoms with van der Waals surface area (Å²) in [5.74, 6) is 0.900. The van der Waals surface area contributed by atoms with E-state index in [1.54, 1.807) is 0 Å². The van der Waals surface area contributed by atoms with Gasteiger partial charge < -0.3 is 0 Å². The zero-order valence-corrected chi connectivity index (χ0v) is 10.2. The molecular formula is C15H18O2. The van der Waals surface area contributed by atoms with Crippen LogP contribution in [0.1, 0.15) is 44.1 Å². The Morgan fingerprint density at radius 1 is 1.12 bits per heavy atom. The van der Waals surface area contributed by atoms with E-state index in [9.17, 15) is 9.59 Å². The monoisotopic (exact) mass is 230 g/mol. The topological polar surface area (TPSA) is 34.1 Å². The lowest BCUT2D eigenvalue weighted by Gasteiger charge is -2.23. The highest BCUT2D eigenvalue weighted by Gasteiger charge is 2.26. The first-order chi connectivity index (χ1) is 8.15. The summed E-state index contributed by atoms with van der Waals surface area (Å²) in [4.78, 5) is 22.8. The van der Waals surface area contributed by atoms with Crippen LogP contribution in [-0.2, 0) is 9.59 Å². The smallest absolute Gasteiger partial charge is 0.140 e. The molecule has 2 heteroatoms. The molecule has 0 aromatic heterocycles. The van der Waals surface area contributed by atoms with Crippen LogP contribution >= 0.6 is 0 Å². The van der Waals surface area contributed by atoms with Crippen molar-refractivity contribution in [1.82, 2.24) is 0 Å². The van der Waals surface area contributed by atoms with Crippen LogP contribution in [-0.4, -0.2) is 11.6 Å². The molecule has 0 heterocycles. The Hall–Kier alpha value is -1.44. The molecule has 2 rings (SSSR count). The number of benzene rings is 1. The summed E-state index contributed by atoms with van der Waals surface area (Å²) in [5.41, 5.74) is 1.29. The third-order valence-electron chi connectivity index (χ3n) is 3.48. The van der Waals surface area contributed by atoms with Gasteiger partial charge >= 0.3 is 0 Å². The van der Waals surface area contributed by atoms with E-state index in [0.717, 1.165) is 6.42 Å². The molecule has 1 atom stereocenters. The van der Waals surface area contributed by atoms with E-state index in [-0.39, 0.29) is 23.9 Å². The zero-order valence-electron chi connectivity index (χ0n) is 10.2. The number of rotatable bonds is 3. The first kappa shape index (κ1) is 12.0. The summed E-state index contributed by atoms with van der Waals surface area (Å²) in [6, 6.07) is 10.3. The van der Waals surface area contributed by atoms with Crippen LogP contribution in [0.3, 0.4) is 0 Å². The fourth-order valence-electron chi connectivity index (χ4n) is 2.66. The Morgan fingerprint density at radius 2 is 1.71 bits per heavy atom. The normalized spacial score (nSPS) is 19.4. The van der Waals surface area contributed by atoms with Gasteiger partial charge in [0.15, 0.2) is 0 Å². The maximum absolute atomic E-state index is 11.4. The average molecular weight is 230 g/mol. The van der Waals surface area contributed by atoms with E-state index in [2.05, 4.69) is 19.1 Å². The van der Waals surface area contributed by atoms with Gasteiger partial charge in [0.05, 0.1) is 6.42 Å². The predicted octanol–water partition coefficient (Wildman–Crippen LogP) is 3.12. The molecule has 0 saturated heterocycles. The molecule has 0 N–H and O–H groups in total. The van der Waals surface area contributed by atoms with Gasteiger partial charge in [-0.15, -0.1) is 0 Å². The first-order valence-corrected chi connectivity index (χ1v) is 6.23. The van der Waals surface area contributed by atoms with Gasteiger partial charge in [0.2, 0.25) is 0 Å². The van der Waals surface area contributed by atoms with Crippen molar-refractivity contribution in [3.8, 4) is 0 Å². The van der Waals surface area contributed by atoms with Gasteiger partial charge in [0.25, 0.3) is 0 Å². The van der Waals surface area contributed by atoms with Crippen LogP contribution in [0.2, 0.25) is 0 Å². The highest BCUT2D eigenvalue weighted by molar-refractivity contribution is 6.01. The summed E-state index contributed by atoms with van der Waals surface area (Å²) in [7, 11) is 0. The Morgan fingerprint density at radius 3 is 2.29 bits per heavy atom. The summed E-state index contributed by atoms with van der Waals surface area (Å²) in [6.07, 6.45) is 2.27. The highest BCUT2D eigenvalue weighted by Crippen LogP contribution is 2.30. The number of carbonyl (C=O) groups is 2. The molecule has 0 aliphatic heterocycles. The molecule has 1 aliphatic rings. The summed E-state index contributed by atoms with van der Waals surface area (Å²) in [5, 5.41) is 0. The maximum Gasteiger partial charge on any atom is 0.140 e. The molecule has 0 amide bonds. The van der Waals surface area contributed by atoms with Crippen molar-refractivity contribution in [3.63, 3.8) is 0 Å². The quantitative estimate of drug-likeness (QED) is 0.748. The van der Waals surface area contributed by atoms with Gasteiger partial charge in [-0.05, 0) is 23.8 Å². The van der Waals surface area contributed by atoms with E-state index < -0.39 is 0 Å². The third kappa shape index (κ3) is 3.26. The second kappa shape index (κ2) is 5.26. The number of ketones is 2. The van der Waals surface area contributed by atoms with Crippen molar-refractivity contribution in [3.05, 3.63) is 35.9 Å². The largest absolute Gasteiger partial charge is 0.299 e. The second-order valence-corrected chi connectivity index (χ2v) is 5.08. The molecule has 2 nitrogen and oxygen atoms in total. The van der Waals surface area contributed by atoms with Crippen LogP contribution < -0.4 is 0 Å². The summed E-state index contributed by atoms with van der Waals surface area (Å²) < 4.78 is 0. The number of Topliss-reactive ketones (excluding diaryl/α,β-unsaturated/α-hetero) is 2. The Bertz CT molecular complexity index is 392. The Labute approximate surface area is 102 Å². The molecule has 1 aromatic rings. The van der Waals surface area contributed by atoms with Crippen molar-refractivity contribution in [1.29, 1.82) is 0 Å². The first-order valence-electron chi connectivity index (χ1n) is 6.23.